The minimum atomic E-state index is 0.00989. The lowest BCUT2D eigenvalue weighted by atomic mass is 9.76. The Balaban J connectivity index is 1.78. The molecule has 4 heteroatoms. The van der Waals surface area contributed by atoms with Gasteiger partial charge in [-0.3, -0.25) is 4.79 Å². The normalized spacial score (nSPS) is 26.6. The van der Waals surface area contributed by atoms with Crippen molar-refractivity contribution in [2.75, 3.05) is 6.61 Å². The van der Waals surface area contributed by atoms with E-state index < -0.39 is 0 Å². The Kier molecular flexibility index (Phi) is 3.92. The maximum Gasteiger partial charge on any atom is 0.256 e. The number of nitrogens with one attached hydrogen (secondary N) is 1. The molecule has 2 heterocycles. The Hall–Kier alpha value is -1.16. The monoisotopic (exact) mass is 276 g/mol. The summed E-state index contributed by atoms with van der Waals surface area (Å²) in [5.74, 6) is 2.95. The van der Waals surface area contributed by atoms with E-state index in [9.17, 15) is 4.79 Å². The number of hydrogen-bond donors (Lipinski definition) is 1. The molecule has 0 spiro atoms. The quantitative estimate of drug-likeness (QED) is 0.903. The summed E-state index contributed by atoms with van der Waals surface area (Å²) in [5.41, 5.74) is 1.70. The predicted molar refractivity (Wildman–Crippen MR) is 77.8 cm³/mol. The summed E-state index contributed by atoms with van der Waals surface area (Å²) in [6.07, 6.45) is 5.59. The standard InChI is InChI=1S/C16H24N2O2/c1-10(2)11-3-5-12(6-4-11)15-17-14-7-8-20-9-13(14)16(19)18-15/h10-12H,3-9H2,1-2H3,(H,17,18,19). The van der Waals surface area contributed by atoms with Crippen LogP contribution in [-0.2, 0) is 17.8 Å². The van der Waals surface area contributed by atoms with E-state index in [-0.39, 0.29) is 5.56 Å². The van der Waals surface area contributed by atoms with Gasteiger partial charge in [-0.15, -0.1) is 0 Å². The summed E-state index contributed by atoms with van der Waals surface area (Å²) in [7, 11) is 0. The lowest BCUT2D eigenvalue weighted by molar-refractivity contribution is 0.107. The smallest absolute Gasteiger partial charge is 0.256 e. The van der Waals surface area contributed by atoms with Gasteiger partial charge in [-0.2, -0.15) is 0 Å². The van der Waals surface area contributed by atoms with E-state index >= 15 is 0 Å². The molecule has 0 aromatic carbocycles. The van der Waals surface area contributed by atoms with Gasteiger partial charge in [-0.25, -0.2) is 4.98 Å². The van der Waals surface area contributed by atoms with Gasteiger partial charge in [-0.05, 0) is 37.5 Å². The van der Waals surface area contributed by atoms with E-state index in [0.29, 0.717) is 19.1 Å². The molecule has 1 saturated carbocycles. The molecule has 0 atom stereocenters. The van der Waals surface area contributed by atoms with E-state index in [4.69, 9.17) is 9.72 Å². The van der Waals surface area contributed by atoms with Crippen molar-refractivity contribution in [3.05, 3.63) is 27.4 Å². The van der Waals surface area contributed by atoms with Crippen molar-refractivity contribution in [3.8, 4) is 0 Å². The average Bonchev–Trinajstić information content (AvgIpc) is 2.47. The summed E-state index contributed by atoms with van der Waals surface area (Å²) in [6.45, 7) is 5.72. The second-order valence-corrected chi connectivity index (χ2v) is 6.53. The zero-order chi connectivity index (χ0) is 14.1. The number of fused-ring (bicyclic) bond motifs is 1. The molecule has 3 rings (SSSR count). The van der Waals surface area contributed by atoms with Gasteiger partial charge in [0.15, 0.2) is 0 Å². The molecule has 1 aromatic heterocycles. The van der Waals surface area contributed by atoms with Crippen LogP contribution in [0.25, 0.3) is 0 Å². The zero-order valence-corrected chi connectivity index (χ0v) is 12.4. The van der Waals surface area contributed by atoms with Crippen molar-refractivity contribution in [2.45, 2.75) is 58.5 Å². The summed E-state index contributed by atoms with van der Waals surface area (Å²) < 4.78 is 5.34. The van der Waals surface area contributed by atoms with Crippen LogP contribution in [-0.4, -0.2) is 16.6 Å². The van der Waals surface area contributed by atoms with Gasteiger partial charge in [0.25, 0.3) is 5.56 Å². The lowest BCUT2D eigenvalue weighted by Gasteiger charge is -2.30. The molecule has 0 radical (unpaired) electrons. The molecule has 1 aliphatic heterocycles. The third kappa shape index (κ3) is 2.66. The maximum absolute atomic E-state index is 12.1. The molecule has 1 N–H and O–H groups in total. The van der Waals surface area contributed by atoms with E-state index in [0.717, 1.165) is 48.2 Å². The molecule has 0 unspecified atom stereocenters. The predicted octanol–water partition coefficient (Wildman–Crippen LogP) is 2.77. The Labute approximate surface area is 120 Å². The van der Waals surface area contributed by atoms with Gasteiger partial charge in [0, 0.05) is 12.3 Å². The van der Waals surface area contributed by atoms with Gasteiger partial charge >= 0.3 is 0 Å². The van der Waals surface area contributed by atoms with Crippen LogP contribution in [0.1, 0.15) is 62.5 Å². The largest absolute Gasteiger partial charge is 0.376 e. The Morgan fingerprint density at radius 2 is 2.00 bits per heavy atom. The summed E-state index contributed by atoms with van der Waals surface area (Å²) in [6, 6.07) is 0. The number of H-pyrrole nitrogens is 1. The van der Waals surface area contributed by atoms with Crippen LogP contribution in [0.2, 0.25) is 0 Å². The fourth-order valence-corrected chi connectivity index (χ4v) is 3.52. The minimum absolute atomic E-state index is 0.00989. The number of rotatable bonds is 2. The number of aromatic amines is 1. The van der Waals surface area contributed by atoms with Gasteiger partial charge in [0.05, 0.1) is 24.5 Å². The molecule has 1 fully saturated rings. The van der Waals surface area contributed by atoms with Gasteiger partial charge < -0.3 is 9.72 Å². The van der Waals surface area contributed by atoms with Gasteiger partial charge in [0.2, 0.25) is 0 Å². The second kappa shape index (κ2) is 5.68. The molecule has 1 aromatic rings. The zero-order valence-electron chi connectivity index (χ0n) is 12.4. The first kappa shape index (κ1) is 13.8. The van der Waals surface area contributed by atoms with Crippen molar-refractivity contribution in [3.63, 3.8) is 0 Å². The molecule has 0 saturated heterocycles. The van der Waals surface area contributed by atoms with Crippen molar-refractivity contribution in [1.82, 2.24) is 9.97 Å². The molecule has 0 amide bonds. The molecule has 110 valence electrons. The average molecular weight is 276 g/mol. The van der Waals surface area contributed by atoms with Crippen LogP contribution in [0.5, 0.6) is 0 Å². The number of aromatic nitrogens is 2. The van der Waals surface area contributed by atoms with E-state index in [2.05, 4.69) is 18.8 Å². The fourth-order valence-electron chi connectivity index (χ4n) is 3.52. The summed E-state index contributed by atoms with van der Waals surface area (Å²) in [5, 5.41) is 0. The molecular weight excluding hydrogens is 252 g/mol. The number of nitrogens with zero attached hydrogens (tertiary/aromatic N) is 1. The molecule has 2 aliphatic rings. The van der Waals surface area contributed by atoms with Crippen molar-refractivity contribution in [2.24, 2.45) is 11.8 Å². The van der Waals surface area contributed by atoms with Crippen LogP contribution >= 0.6 is 0 Å². The lowest BCUT2D eigenvalue weighted by Crippen LogP contribution is -2.27. The van der Waals surface area contributed by atoms with Gasteiger partial charge in [-0.1, -0.05) is 13.8 Å². The summed E-state index contributed by atoms with van der Waals surface area (Å²) in [4.78, 5) is 19.9. The Morgan fingerprint density at radius 3 is 2.70 bits per heavy atom. The molecule has 20 heavy (non-hydrogen) atoms. The topological polar surface area (TPSA) is 55.0 Å². The number of ether oxygens (including phenoxy) is 1. The van der Waals surface area contributed by atoms with E-state index in [1.807, 2.05) is 0 Å². The molecular formula is C16H24N2O2. The van der Waals surface area contributed by atoms with Crippen molar-refractivity contribution in [1.29, 1.82) is 0 Å². The second-order valence-electron chi connectivity index (χ2n) is 6.53. The Bertz CT molecular complexity index is 528. The third-order valence-electron chi connectivity index (χ3n) is 4.95. The maximum atomic E-state index is 12.1. The van der Waals surface area contributed by atoms with Crippen LogP contribution < -0.4 is 5.56 Å². The first-order chi connectivity index (χ1) is 9.65. The Morgan fingerprint density at radius 1 is 1.25 bits per heavy atom. The minimum Gasteiger partial charge on any atom is -0.376 e. The number of hydrogen-bond acceptors (Lipinski definition) is 3. The molecule has 0 bridgehead atoms. The third-order valence-corrected chi connectivity index (χ3v) is 4.95. The first-order valence-corrected chi connectivity index (χ1v) is 7.85. The van der Waals surface area contributed by atoms with Gasteiger partial charge in [0.1, 0.15) is 5.82 Å². The van der Waals surface area contributed by atoms with E-state index in [1.54, 1.807) is 0 Å². The SMILES string of the molecule is CC(C)C1CCC(c2nc3c(c(=O)[nH]2)COCC3)CC1. The summed E-state index contributed by atoms with van der Waals surface area (Å²) >= 11 is 0. The van der Waals surface area contributed by atoms with Crippen molar-refractivity contribution >= 4 is 0 Å². The van der Waals surface area contributed by atoms with Crippen LogP contribution in [0.4, 0.5) is 0 Å². The molecule has 4 nitrogen and oxygen atoms in total. The highest BCUT2D eigenvalue weighted by Gasteiger charge is 2.27. The highest BCUT2D eigenvalue weighted by Crippen LogP contribution is 2.37. The highest BCUT2D eigenvalue weighted by molar-refractivity contribution is 5.20. The van der Waals surface area contributed by atoms with Crippen LogP contribution in [0.15, 0.2) is 4.79 Å². The van der Waals surface area contributed by atoms with Crippen molar-refractivity contribution < 1.29 is 4.74 Å². The van der Waals surface area contributed by atoms with E-state index in [1.165, 1.54) is 12.8 Å². The van der Waals surface area contributed by atoms with Crippen LogP contribution in [0.3, 0.4) is 0 Å². The highest BCUT2D eigenvalue weighted by atomic mass is 16.5. The fraction of sp³-hybridized carbons (Fsp3) is 0.750. The first-order valence-electron chi connectivity index (χ1n) is 7.85. The van der Waals surface area contributed by atoms with Crippen LogP contribution in [0, 0.1) is 11.8 Å². The molecule has 1 aliphatic carbocycles.